The smallest absolute Gasteiger partial charge is 0.237 e. The first-order valence-corrected chi connectivity index (χ1v) is 7.09. The topological polar surface area (TPSA) is 55.1 Å². The zero-order valence-corrected chi connectivity index (χ0v) is 11.9. The molecule has 1 aromatic rings. The lowest BCUT2D eigenvalue weighted by atomic mass is 9.87. The maximum Gasteiger partial charge on any atom is 0.237 e. The van der Waals surface area contributed by atoms with E-state index >= 15 is 0 Å². The van der Waals surface area contributed by atoms with Crippen LogP contribution in [0.2, 0.25) is 0 Å². The third kappa shape index (κ3) is 3.57. The minimum Gasteiger partial charge on any atom is -0.351 e. The molecule has 3 heteroatoms. The van der Waals surface area contributed by atoms with E-state index < -0.39 is 6.04 Å². The van der Waals surface area contributed by atoms with Crippen LogP contribution in [-0.4, -0.2) is 18.0 Å². The highest BCUT2D eigenvalue weighted by molar-refractivity contribution is 5.82. The highest BCUT2D eigenvalue weighted by Crippen LogP contribution is 2.37. The minimum atomic E-state index is -0.459. The van der Waals surface area contributed by atoms with Crippen molar-refractivity contribution >= 4 is 5.91 Å². The van der Waals surface area contributed by atoms with Crippen molar-refractivity contribution in [2.24, 2.45) is 11.1 Å². The fourth-order valence-electron chi connectivity index (χ4n) is 2.83. The first kappa shape index (κ1) is 14.1. The molecule has 1 aromatic carbocycles. The SMILES string of the molecule is CC1(C)CCCC1NC(=O)[C@@H](N)Cc1ccccc1. The molecule has 1 aliphatic rings. The fourth-order valence-corrected chi connectivity index (χ4v) is 2.83. The number of hydrogen-bond acceptors (Lipinski definition) is 2. The monoisotopic (exact) mass is 260 g/mol. The van der Waals surface area contributed by atoms with Gasteiger partial charge in [-0.3, -0.25) is 4.79 Å². The zero-order chi connectivity index (χ0) is 13.9. The number of carbonyl (C=O) groups excluding carboxylic acids is 1. The van der Waals surface area contributed by atoms with Gasteiger partial charge in [-0.2, -0.15) is 0 Å². The Labute approximate surface area is 115 Å². The predicted molar refractivity (Wildman–Crippen MR) is 77.7 cm³/mol. The largest absolute Gasteiger partial charge is 0.351 e. The molecule has 2 atom stereocenters. The van der Waals surface area contributed by atoms with Crippen molar-refractivity contribution in [3.63, 3.8) is 0 Å². The summed E-state index contributed by atoms with van der Waals surface area (Å²) >= 11 is 0. The lowest BCUT2D eigenvalue weighted by Gasteiger charge is -2.28. The number of amides is 1. The van der Waals surface area contributed by atoms with E-state index in [0.29, 0.717) is 6.42 Å². The van der Waals surface area contributed by atoms with Crippen molar-refractivity contribution in [2.75, 3.05) is 0 Å². The quantitative estimate of drug-likeness (QED) is 0.872. The van der Waals surface area contributed by atoms with Crippen molar-refractivity contribution in [1.29, 1.82) is 0 Å². The van der Waals surface area contributed by atoms with E-state index in [4.69, 9.17) is 5.73 Å². The van der Waals surface area contributed by atoms with Gasteiger partial charge >= 0.3 is 0 Å². The van der Waals surface area contributed by atoms with Crippen LogP contribution in [0.25, 0.3) is 0 Å². The van der Waals surface area contributed by atoms with Crippen molar-refractivity contribution in [1.82, 2.24) is 5.32 Å². The molecule has 1 fully saturated rings. The molecule has 2 rings (SSSR count). The molecule has 0 spiro atoms. The summed E-state index contributed by atoms with van der Waals surface area (Å²) in [5.41, 5.74) is 7.31. The van der Waals surface area contributed by atoms with E-state index in [1.54, 1.807) is 0 Å². The van der Waals surface area contributed by atoms with Gasteiger partial charge in [0.05, 0.1) is 6.04 Å². The summed E-state index contributed by atoms with van der Waals surface area (Å²) in [6, 6.07) is 9.73. The molecule has 0 radical (unpaired) electrons. The lowest BCUT2D eigenvalue weighted by molar-refractivity contribution is -0.123. The Morgan fingerprint density at radius 2 is 2.11 bits per heavy atom. The van der Waals surface area contributed by atoms with Gasteiger partial charge in [0.2, 0.25) is 5.91 Å². The Kier molecular flexibility index (Phi) is 4.25. The maximum atomic E-state index is 12.2. The molecule has 0 heterocycles. The molecule has 3 N–H and O–H groups in total. The molecule has 1 aliphatic carbocycles. The van der Waals surface area contributed by atoms with Gasteiger partial charge in [0.25, 0.3) is 0 Å². The predicted octanol–water partition coefficient (Wildman–Crippen LogP) is 2.25. The van der Waals surface area contributed by atoms with E-state index in [9.17, 15) is 4.79 Å². The van der Waals surface area contributed by atoms with E-state index in [-0.39, 0.29) is 17.4 Å². The summed E-state index contributed by atoms with van der Waals surface area (Å²) in [4.78, 5) is 12.2. The first-order chi connectivity index (χ1) is 8.99. The molecule has 1 amide bonds. The number of nitrogens with one attached hydrogen (secondary N) is 1. The van der Waals surface area contributed by atoms with Crippen LogP contribution in [0.1, 0.15) is 38.7 Å². The molecule has 0 bridgehead atoms. The Morgan fingerprint density at radius 1 is 1.42 bits per heavy atom. The van der Waals surface area contributed by atoms with E-state index in [2.05, 4.69) is 19.2 Å². The average Bonchev–Trinajstić information content (AvgIpc) is 2.70. The highest BCUT2D eigenvalue weighted by atomic mass is 16.2. The van der Waals surface area contributed by atoms with Gasteiger partial charge < -0.3 is 11.1 Å². The van der Waals surface area contributed by atoms with Crippen LogP contribution >= 0.6 is 0 Å². The molecule has 0 aliphatic heterocycles. The summed E-state index contributed by atoms with van der Waals surface area (Å²) in [5, 5.41) is 3.13. The second kappa shape index (κ2) is 5.74. The van der Waals surface area contributed by atoms with Crippen LogP contribution in [0.5, 0.6) is 0 Å². The summed E-state index contributed by atoms with van der Waals surface area (Å²) in [7, 11) is 0. The molecule has 1 saturated carbocycles. The number of hydrogen-bond donors (Lipinski definition) is 2. The second-order valence-corrected chi connectivity index (χ2v) is 6.24. The van der Waals surface area contributed by atoms with Gasteiger partial charge in [0.15, 0.2) is 0 Å². The Bertz CT molecular complexity index is 428. The molecule has 104 valence electrons. The van der Waals surface area contributed by atoms with E-state index in [1.807, 2.05) is 30.3 Å². The molecular formula is C16H24N2O. The van der Waals surface area contributed by atoms with Crippen LogP contribution in [-0.2, 0) is 11.2 Å². The Morgan fingerprint density at radius 3 is 2.68 bits per heavy atom. The fraction of sp³-hybridized carbons (Fsp3) is 0.562. The van der Waals surface area contributed by atoms with Crippen molar-refractivity contribution < 1.29 is 4.79 Å². The number of rotatable bonds is 4. The zero-order valence-electron chi connectivity index (χ0n) is 11.9. The second-order valence-electron chi connectivity index (χ2n) is 6.24. The summed E-state index contributed by atoms with van der Waals surface area (Å²) < 4.78 is 0. The summed E-state index contributed by atoms with van der Waals surface area (Å²) in [5.74, 6) is -0.0242. The average molecular weight is 260 g/mol. The molecule has 19 heavy (non-hydrogen) atoms. The van der Waals surface area contributed by atoms with E-state index in [0.717, 1.165) is 12.0 Å². The third-order valence-corrected chi connectivity index (χ3v) is 4.21. The molecular weight excluding hydrogens is 236 g/mol. The van der Waals surface area contributed by atoms with Crippen LogP contribution in [0.3, 0.4) is 0 Å². The lowest BCUT2D eigenvalue weighted by Crippen LogP contribution is -2.49. The normalized spacial score (nSPS) is 23.0. The van der Waals surface area contributed by atoms with Crippen LogP contribution in [0.4, 0.5) is 0 Å². The Balaban J connectivity index is 1.89. The van der Waals surface area contributed by atoms with Crippen LogP contribution in [0.15, 0.2) is 30.3 Å². The van der Waals surface area contributed by atoms with Crippen molar-refractivity contribution in [3.05, 3.63) is 35.9 Å². The first-order valence-electron chi connectivity index (χ1n) is 7.09. The van der Waals surface area contributed by atoms with Crippen molar-refractivity contribution in [3.8, 4) is 0 Å². The van der Waals surface area contributed by atoms with Gasteiger partial charge in [-0.05, 0) is 30.2 Å². The number of carbonyl (C=O) groups is 1. The van der Waals surface area contributed by atoms with Crippen molar-refractivity contribution in [2.45, 2.75) is 51.6 Å². The number of nitrogens with two attached hydrogens (primary N) is 1. The van der Waals surface area contributed by atoms with Gasteiger partial charge in [-0.25, -0.2) is 0 Å². The molecule has 0 aromatic heterocycles. The highest BCUT2D eigenvalue weighted by Gasteiger charge is 2.35. The molecule has 3 nitrogen and oxygen atoms in total. The van der Waals surface area contributed by atoms with Gasteiger partial charge in [0, 0.05) is 6.04 Å². The number of benzene rings is 1. The van der Waals surface area contributed by atoms with Crippen LogP contribution < -0.4 is 11.1 Å². The van der Waals surface area contributed by atoms with E-state index in [1.165, 1.54) is 12.8 Å². The Hall–Kier alpha value is -1.35. The molecule has 1 unspecified atom stereocenters. The maximum absolute atomic E-state index is 12.2. The molecule has 0 saturated heterocycles. The minimum absolute atomic E-state index is 0.0242. The summed E-state index contributed by atoms with van der Waals surface area (Å²) in [6.45, 7) is 4.43. The van der Waals surface area contributed by atoms with Gasteiger partial charge in [-0.15, -0.1) is 0 Å². The van der Waals surface area contributed by atoms with Gasteiger partial charge in [-0.1, -0.05) is 50.6 Å². The van der Waals surface area contributed by atoms with Gasteiger partial charge in [0.1, 0.15) is 0 Å². The summed E-state index contributed by atoms with van der Waals surface area (Å²) in [6.07, 6.45) is 4.02. The van der Waals surface area contributed by atoms with Crippen LogP contribution in [0, 0.1) is 5.41 Å². The standard InChI is InChI=1S/C16H24N2O/c1-16(2)10-6-9-14(16)18-15(19)13(17)11-12-7-4-3-5-8-12/h3-5,7-8,13-14H,6,9-11,17H2,1-2H3,(H,18,19)/t13-,14?/m0/s1. The third-order valence-electron chi connectivity index (χ3n) is 4.21.